The molecule has 4 nitrogen and oxygen atoms in total. The molecule has 1 saturated heterocycles. The standard InChI is InChI=1S/C23H25FN2O2/c1-25-20-8-7-16(15-3-2-4-17(24)11-15)12-19(20)22-18(21(25)13-27)9-10-26(22)23(28)14-5-6-14/h2-4,7-8,11-12,14,18,21-22,27H,5-6,9-10,13H2,1H3/t18-,21-,22-/m1/s1. The van der Waals surface area contributed by atoms with E-state index < -0.39 is 0 Å². The Hall–Kier alpha value is -2.40. The largest absolute Gasteiger partial charge is 0.394 e. The molecule has 0 spiro atoms. The minimum atomic E-state index is -0.253. The molecule has 2 aromatic rings. The third-order valence-electron chi connectivity index (χ3n) is 6.72. The molecule has 5 heteroatoms. The molecule has 0 unspecified atom stereocenters. The number of hydrogen-bond donors (Lipinski definition) is 1. The summed E-state index contributed by atoms with van der Waals surface area (Å²) in [5.74, 6) is 0.404. The van der Waals surface area contributed by atoms with Gasteiger partial charge in [-0.1, -0.05) is 18.2 Å². The summed E-state index contributed by atoms with van der Waals surface area (Å²) in [6.45, 7) is 0.826. The van der Waals surface area contributed by atoms with Crippen molar-refractivity contribution in [1.82, 2.24) is 4.90 Å². The molecule has 2 aliphatic heterocycles. The highest BCUT2D eigenvalue weighted by Gasteiger charge is 2.49. The summed E-state index contributed by atoms with van der Waals surface area (Å²) in [7, 11) is 2.02. The van der Waals surface area contributed by atoms with E-state index in [1.165, 1.54) is 6.07 Å². The highest BCUT2D eigenvalue weighted by Crippen LogP contribution is 2.50. The maximum Gasteiger partial charge on any atom is 0.226 e. The van der Waals surface area contributed by atoms with E-state index in [1.54, 1.807) is 12.1 Å². The van der Waals surface area contributed by atoms with Crippen molar-refractivity contribution >= 4 is 11.6 Å². The van der Waals surface area contributed by atoms with Crippen molar-refractivity contribution in [3.8, 4) is 11.1 Å². The van der Waals surface area contributed by atoms with Gasteiger partial charge in [0.1, 0.15) is 5.82 Å². The van der Waals surface area contributed by atoms with E-state index in [2.05, 4.69) is 11.0 Å². The molecule has 2 heterocycles. The van der Waals surface area contributed by atoms with Gasteiger partial charge in [0.15, 0.2) is 0 Å². The lowest BCUT2D eigenvalue weighted by Gasteiger charge is -2.44. The summed E-state index contributed by atoms with van der Waals surface area (Å²) in [5.41, 5.74) is 3.96. The van der Waals surface area contributed by atoms with Crippen LogP contribution in [0, 0.1) is 17.7 Å². The zero-order valence-corrected chi connectivity index (χ0v) is 16.0. The van der Waals surface area contributed by atoms with Gasteiger partial charge < -0.3 is 14.9 Å². The summed E-state index contributed by atoms with van der Waals surface area (Å²) in [4.78, 5) is 17.1. The lowest BCUT2D eigenvalue weighted by Crippen LogP contribution is -2.48. The minimum Gasteiger partial charge on any atom is -0.394 e. The first kappa shape index (κ1) is 17.7. The highest BCUT2D eigenvalue weighted by atomic mass is 19.1. The lowest BCUT2D eigenvalue weighted by atomic mass is 9.81. The molecule has 1 saturated carbocycles. The van der Waals surface area contributed by atoms with E-state index >= 15 is 0 Å². The quantitative estimate of drug-likeness (QED) is 0.885. The second-order valence-electron chi connectivity index (χ2n) is 8.35. The van der Waals surface area contributed by atoms with Gasteiger partial charge in [0.2, 0.25) is 5.91 Å². The number of halogens is 1. The number of fused-ring (bicyclic) bond motifs is 3. The van der Waals surface area contributed by atoms with Gasteiger partial charge in [-0.25, -0.2) is 4.39 Å². The molecule has 0 radical (unpaired) electrons. The van der Waals surface area contributed by atoms with Crippen LogP contribution in [0.25, 0.3) is 11.1 Å². The van der Waals surface area contributed by atoms with E-state index in [-0.39, 0.29) is 42.3 Å². The number of rotatable bonds is 3. The van der Waals surface area contributed by atoms with E-state index in [4.69, 9.17) is 0 Å². The second kappa shape index (κ2) is 6.59. The van der Waals surface area contributed by atoms with Crippen molar-refractivity contribution in [3.05, 3.63) is 53.8 Å². The number of carbonyl (C=O) groups is 1. The Balaban J connectivity index is 1.61. The van der Waals surface area contributed by atoms with E-state index in [0.717, 1.165) is 48.2 Å². The molecule has 146 valence electrons. The lowest BCUT2D eigenvalue weighted by molar-refractivity contribution is -0.134. The normalized spacial score (nSPS) is 26.2. The average Bonchev–Trinajstić information content (AvgIpc) is 3.46. The van der Waals surface area contributed by atoms with Gasteiger partial charge in [-0.3, -0.25) is 4.79 Å². The van der Waals surface area contributed by atoms with Crippen LogP contribution < -0.4 is 4.90 Å². The Morgan fingerprint density at radius 1 is 1.14 bits per heavy atom. The molecular formula is C23H25FN2O2. The Bertz CT molecular complexity index is 927. The van der Waals surface area contributed by atoms with Crippen LogP contribution in [0.2, 0.25) is 0 Å². The zero-order valence-electron chi connectivity index (χ0n) is 16.0. The fraction of sp³-hybridized carbons (Fsp3) is 0.435. The maximum atomic E-state index is 13.7. The zero-order chi connectivity index (χ0) is 19.4. The smallest absolute Gasteiger partial charge is 0.226 e. The fourth-order valence-electron chi connectivity index (χ4n) is 5.11. The van der Waals surface area contributed by atoms with Crippen LogP contribution in [0.5, 0.6) is 0 Å². The van der Waals surface area contributed by atoms with Crippen LogP contribution in [0.3, 0.4) is 0 Å². The summed E-state index contributed by atoms with van der Waals surface area (Å²) in [6, 6.07) is 12.8. The molecule has 1 amide bonds. The first-order valence-electron chi connectivity index (χ1n) is 10.1. The molecule has 0 bridgehead atoms. The molecular weight excluding hydrogens is 355 g/mol. The van der Waals surface area contributed by atoms with Crippen LogP contribution in [-0.4, -0.2) is 42.2 Å². The summed E-state index contributed by atoms with van der Waals surface area (Å²) in [6.07, 6.45) is 2.89. The van der Waals surface area contributed by atoms with E-state index in [9.17, 15) is 14.3 Å². The Morgan fingerprint density at radius 2 is 1.93 bits per heavy atom. The molecule has 28 heavy (non-hydrogen) atoms. The number of amides is 1. The summed E-state index contributed by atoms with van der Waals surface area (Å²) >= 11 is 0. The van der Waals surface area contributed by atoms with Crippen molar-refractivity contribution in [2.45, 2.75) is 31.3 Å². The van der Waals surface area contributed by atoms with Crippen molar-refractivity contribution in [2.24, 2.45) is 11.8 Å². The van der Waals surface area contributed by atoms with Crippen LogP contribution >= 0.6 is 0 Å². The van der Waals surface area contributed by atoms with Gasteiger partial charge >= 0.3 is 0 Å². The topological polar surface area (TPSA) is 43.8 Å². The molecule has 3 aliphatic rings. The number of anilines is 1. The first-order chi connectivity index (χ1) is 13.6. The van der Waals surface area contributed by atoms with Crippen molar-refractivity contribution in [2.75, 3.05) is 25.1 Å². The van der Waals surface area contributed by atoms with Gasteiger partial charge in [0.25, 0.3) is 0 Å². The predicted molar refractivity (Wildman–Crippen MR) is 106 cm³/mol. The SMILES string of the molecule is CN1c2ccc(-c3cccc(F)c3)cc2[C@H]2[C@H](CCN2C(=O)C2CC2)[C@H]1CO. The third-order valence-corrected chi connectivity index (χ3v) is 6.72. The van der Waals surface area contributed by atoms with Gasteiger partial charge in [-0.15, -0.1) is 0 Å². The van der Waals surface area contributed by atoms with Crippen molar-refractivity contribution in [3.63, 3.8) is 0 Å². The molecule has 2 fully saturated rings. The molecule has 5 rings (SSSR count). The highest BCUT2D eigenvalue weighted by molar-refractivity contribution is 5.83. The van der Waals surface area contributed by atoms with Gasteiger partial charge in [0.05, 0.1) is 18.7 Å². The number of carbonyl (C=O) groups excluding carboxylic acids is 1. The van der Waals surface area contributed by atoms with E-state index in [1.807, 2.05) is 30.1 Å². The molecule has 1 N–H and O–H groups in total. The van der Waals surface area contributed by atoms with E-state index in [0.29, 0.717) is 0 Å². The number of nitrogens with zero attached hydrogens (tertiary/aromatic N) is 2. The van der Waals surface area contributed by atoms with Gasteiger partial charge in [-0.2, -0.15) is 0 Å². The average molecular weight is 380 g/mol. The Labute approximate surface area is 164 Å². The second-order valence-corrected chi connectivity index (χ2v) is 8.35. The predicted octanol–water partition coefficient (Wildman–Crippen LogP) is 3.60. The number of likely N-dealkylation sites (tertiary alicyclic amines) is 1. The van der Waals surface area contributed by atoms with Gasteiger partial charge in [-0.05, 0) is 60.2 Å². The van der Waals surface area contributed by atoms with Gasteiger partial charge in [0, 0.05) is 31.1 Å². The Morgan fingerprint density at radius 3 is 2.64 bits per heavy atom. The first-order valence-corrected chi connectivity index (χ1v) is 10.1. The molecule has 3 atom stereocenters. The molecule has 1 aliphatic carbocycles. The molecule has 0 aromatic heterocycles. The monoisotopic (exact) mass is 380 g/mol. The number of hydrogen-bond acceptors (Lipinski definition) is 3. The number of aliphatic hydroxyl groups excluding tert-OH is 1. The maximum absolute atomic E-state index is 13.7. The van der Waals surface area contributed by atoms with Crippen molar-refractivity contribution < 1.29 is 14.3 Å². The number of aliphatic hydroxyl groups is 1. The Kier molecular flexibility index (Phi) is 4.16. The van der Waals surface area contributed by atoms with Crippen LogP contribution in [-0.2, 0) is 4.79 Å². The minimum absolute atomic E-state index is 0.00882. The third kappa shape index (κ3) is 2.72. The number of likely N-dealkylation sites (N-methyl/N-ethyl adjacent to an activating group) is 1. The van der Waals surface area contributed by atoms with Crippen molar-refractivity contribution in [1.29, 1.82) is 0 Å². The van der Waals surface area contributed by atoms with Crippen LogP contribution in [0.1, 0.15) is 30.9 Å². The van der Waals surface area contributed by atoms with Crippen LogP contribution in [0.4, 0.5) is 10.1 Å². The number of benzene rings is 2. The molecule has 2 aromatic carbocycles. The summed E-state index contributed by atoms with van der Waals surface area (Å²) < 4.78 is 13.7. The van der Waals surface area contributed by atoms with Crippen LogP contribution in [0.15, 0.2) is 42.5 Å². The fourth-order valence-corrected chi connectivity index (χ4v) is 5.11. The summed E-state index contributed by atoms with van der Waals surface area (Å²) in [5, 5.41) is 10.1.